The van der Waals surface area contributed by atoms with Crippen molar-refractivity contribution < 1.29 is 17.3 Å². The van der Waals surface area contributed by atoms with Gasteiger partial charge in [-0.2, -0.15) is 22.0 Å². The van der Waals surface area contributed by atoms with Crippen molar-refractivity contribution in [2.45, 2.75) is 6.54 Å². The van der Waals surface area contributed by atoms with Crippen LogP contribution in [0.5, 0.6) is 0 Å². The molecule has 1 aliphatic rings. The van der Waals surface area contributed by atoms with E-state index in [0.29, 0.717) is 50.0 Å². The first-order valence-electron chi connectivity index (χ1n) is 7.85. The Labute approximate surface area is 146 Å². The van der Waals surface area contributed by atoms with Crippen LogP contribution in [0, 0.1) is 5.82 Å². The van der Waals surface area contributed by atoms with Crippen LogP contribution in [0.1, 0.15) is 5.82 Å². The molecule has 1 aromatic heterocycles. The second-order valence-electron chi connectivity index (χ2n) is 5.99. The minimum absolute atomic E-state index is 0.325. The van der Waals surface area contributed by atoms with E-state index in [4.69, 9.17) is 4.52 Å². The molecule has 0 amide bonds. The Hall–Kier alpha value is -1.88. The topological polar surface area (TPSA) is 82.8 Å². The molecule has 1 fully saturated rings. The Morgan fingerprint density at radius 1 is 1.16 bits per heavy atom. The molecule has 1 aliphatic heterocycles. The quantitative estimate of drug-likeness (QED) is 0.775. The molecule has 0 N–H and O–H groups in total. The number of aromatic nitrogens is 2. The highest BCUT2D eigenvalue weighted by atomic mass is 32.2. The van der Waals surface area contributed by atoms with E-state index >= 15 is 0 Å². The molecule has 0 spiro atoms. The molecule has 2 aromatic rings. The highest BCUT2D eigenvalue weighted by Crippen LogP contribution is 2.18. The zero-order valence-corrected chi connectivity index (χ0v) is 14.9. The van der Waals surface area contributed by atoms with E-state index in [1.165, 1.54) is 34.8 Å². The summed E-state index contributed by atoms with van der Waals surface area (Å²) in [6, 6.07) is 5.84. The minimum atomic E-state index is -3.37. The Bertz CT molecular complexity index is 814. The lowest BCUT2D eigenvalue weighted by molar-refractivity contribution is 0.172. The van der Waals surface area contributed by atoms with Crippen LogP contribution in [0.3, 0.4) is 0 Å². The smallest absolute Gasteiger partial charge is 0.281 e. The summed E-state index contributed by atoms with van der Waals surface area (Å²) in [5, 5.41) is 3.94. The predicted molar refractivity (Wildman–Crippen MR) is 89.1 cm³/mol. The largest absolute Gasteiger partial charge is 0.334 e. The lowest BCUT2D eigenvalue weighted by Crippen LogP contribution is -2.51. The van der Waals surface area contributed by atoms with Crippen molar-refractivity contribution in [3.05, 3.63) is 35.9 Å². The summed E-state index contributed by atoms with van der Waals surface area (Å²) in [5.74, 6) is 0.529. The van der Waals surface area contributed by atoms with Gasteiger partial charge in [0.2, 0.25) is 0 Å². The van der Waals surface area contributed by atoms with Crippen LogP contribution < -0.4 is 0 Å². The van der Waals surface area contributed by atoms with Gasteiger partial charge in [-0.1, -0.05) is 5.16 Å². The van der Waals surface area contributed by atoms with Gasteiger partial charge in [0.25, 0.3) is 16.1 Å². The second-order valence-corrected chi connectivity index (χ2v) is 8.13. The highest BCUT2D eigenvalue weighted by molar-refractivity contribution is 7.86. The van der Waals surface area contributed by atoms with Crippen LogP contribution in [-0.4, -0.2) is 72.3 Å². The summed E-state index contributed by atoms with van der Waals surface area (Å²) in [6.07, 6.45) is 0. The lowest BCUT2D eigenvalue weighted by Gasteiger charge is -2.34. The molecule has 0 saturated carbocycles. The molecule has 3 rings (SSSR count). The first-order chi connectivity index (χ1) is 11.9. The minimum Gasteiger partial charge on any atom is -0.334 e. The van der Waals surface area contributed by atoms with Gasteiger partial charge < -0.3 is 4.52 Å². The van der Waals surface area contributed by atoms with Crippen molar-refractivity contribution in [1.29, 1.82) is 0 Å². The molecular weight excluding hydrogens is 349 g/mol. The first-order valence-corrected chi connectivity index (χ1v) is 9.24. The number of hydrogen-bond acceptors (Lipinski definition) is 6. The van der Waals surface area contributed by atoms with E-state index < -0.39 is 10.2 Å². The van der Waals surface area contributed by atoms with Gasteiger partial charge in [0.05, 0.1) is 6.54 Å². The maximum Gasteiger partial charge on any atom is 0.281 e. The number of halogens is 1. The van der Waals surface area contributed by atoms with Gasteiger partial charge in [-0.05, 0) is 24.3 Å². The van der Waals surface area contributed by atoms with Gasteiger partial charge in [0.1, 0.15) is 5.82 Å². The highest BCUT2D eigenvalue weighted by Gasteiger charge is 2.29. The summed E-state index contributed by atoms with van der Waals surface area (Å²) in [6.45, 7) is 2.49. The molecular formula is C15H20FN5O3S. The van der Waals surface area contributed by atoms with Crippen molar-refractivity contribution >= 4 is 10.2 Å². The summed E-state index contributed by atoms with van der Waals surface area (Å²) in [7, 11) is -0.320. The standard InChI is InChI=1S/C15H20FN5O3S/c1-19(2)25(22,23)21-9-7-20(8-10-21)11-14-17-15(24-18-14)12-3-5-13(16)6-4-12/h3-6H,7-11H2,1-2H3. The average Bonchev–Trinajstić information content (AvgIpc) is 3.04. The van der Waals surface area contributed by atoms with E-state index in [0.717, 1.165) is 0 Å². The van der Waals surface area contributed by atoms with Crippen molar-refractivity contribution in [2.24, 2.45) is 0 Å². The molecule has 0 radical (unpaired) electrons. The monoisotopic (exact) mass is 369 g/mol. The molecule has 136 valence electrons. The van der Waals surface area contributed by atoms with E-state index in [1.54, 1.807) is 12.1 Å². The third-order valence-electron chi connectivity index (χ3n) is 4.04. The third kappa shape index (κ3) is 4.03. The average molecular weight is 369 g/mol. The van der Waals surface area contributed by atoms with Crippen LogP contribution in [0.15, 0.2) is 28.8 Å². The fourth-order valence-electron chi connectivity index (χ4n) is 2.58. The van der Waals surface area contributed by atoms with Gasteiger partial charge in [-0.15, -0.1) is 0 Å². The van der Waals surface area contributed by atoms with E-state index in [2.05, 4.69) is 15.0 Å². The summed E-state index contributed by atoms with van der Waals surface area (Å²) in [5.41, 5.74) is 0.655. The zero-order chi connectivity index (χ0) is 18.0. The number of benzene rings is 1. The summed E-state index contributed by atoms with van der Waals surface area (Å²) < 4.78 is 45.1. The number of hydrogen-bond donors (Lipinski definition) is 0. The van der Waals surface area contributed by atoms with Gasteiger partial charge in [0.15, 0.2) is 5.82 Å². The molecule has 0 unspecified atom stereocenters. The van der Waals surface area contributed by atoms with Gasteiger partial charge >= 0.3 is 0 Å². The van der Waals surface area contributed by atoms with Gasteiger partial charge in [0, 0.05) is 45.8 Å². The Balaban J connectivity index is 1.59. The molecule has 2 heterocycles. The fourth-order valence-corrected chi connectivity index (χ4v) is 3.66. The molecule has 0 bridgehead atoms. The lowest BCUT2D eigenvalue weighted by atomic mass is 10.2. The third-order valence-corrected chi connectivity index (χ3v) is 5.98. The molecule has 0 aliphatic carbocycles. The van der Waals surface area contributed by atoms with Crippen molar-refractivity contribution in [3.63, 3.8) is 0 Å². The molecule has 1 saturated heterocycles. The van der Waals surface area contributed by atoms with Crippen molar-refractivity contribution in [2.75, 3.05) is 40.3 Å². The summed E-state index contributed by atoms with van der Waals surface area (Å²) >= 11 is 0. The Kier molecular flexibility index (Phi) is 5.13. The molecule has 0 atom stereocenters. The van der Waals surface area contributed by atoms with Crippen molar-refractivity contribution in [1.82, 2.24) is 23.7 Å². The zero-order valence-electron chi connectivity index (χ0n) is 14.1. The summed E-state index contributed by atoms with van der Waals surface area (Å²) in [4.78, 5) is 6.39. The Morgan fingerprint density at radius 3 is 2.40 bits per heavy atom. The first kappa shape index (κ1) is 17.9. The van der Waals surface area contributed by atoms with Crippen LogP contribution >= 0.6 is 0 Å². The van der Waals surface area contributed by atoms with Crippen molar-refractivity contribution in [3.8, 4) is 11.5 Å². The van der Waals surface area contributed by atoms with Crippen LogP contribution in [0.25, 0.3) is 11.5 Å². The van der Waals surface area contributed by atoms with E-state index in [-0.39, 0.29) is 5.82 Å². The normalized spacial score (nSPS) is 17.3. The van der Waals surface area contributed by atoms with Crippen LogP contribution in [0.2, 0.25) is 0 Å². The maximum absolute atomic E-state index is 13.0. The van der Waals surface area contributed by atoms with Crippen LogP contribution in [0.4, 0.5) is 4.39 Å². The number of piperazine rings is 1. The fraction of sp³-hybridized carbons (Fsp3) is 0.467. The number of nitrogens with zero attached hydrogens (tertiary/aromatic N) is 5. The van der Waals surface area contributed by atoms with Crippen LogP contribution in [-0.2, 0) is 16.8 Å². The maximum atomic E-state index is 13.0. The SMILES string of the molecule is CN(C)S(=O)(=O)N1CCN(Cc2noc(-c3ccc(F)cc3)n2)CC1. The van der Waals surface area contributed by atoms with E-state index in [9.17, 15) is 12.8 Å². The molecule has 10 heteroatoms. The predicted octanol–water partition coefficient (Wildman–Crippen LogP) is 0.800. The van der Waals surface area contributed by atoms with Gasteiger partial charge in [-0.3, -0.25) is 4.90 Å². The van der Waals surface area contributed by atoms with Gasteiger partial charge in [-0.25, -0.2) is 4.39 Å². The van der Waals surface area contributed by atoms with E-state index in [1.807, 2.05) is 0 Å². The second kappa shape index (κ2) is 7.16. The molecule has 8 nitrogen and oxygen atoms in total. The molecule has 1 aromatic carbocycles. The number of rotatable bonds is 5. The molecule has 25 heavy (non-hydrogen) atoms. The Morgan fingerprint density at radius 2 is 1.80 bits per heavy atom.